The number of amides is 2. The number of carbonyl (C=O) groups is 2. The van der Waals surface area contributed by atoms with Crippen molar-refractivity contribution in [1.82, 2.24) is 10.6 Å². The van der Waals surface area contributed by atoms with Crippen LogP contribution in [0.15, 0.2) is 24.3 Å². The van der Waals surface area contributed by atoms with E-state index in [0.717, 1.165) is 12.1 Å². The lowest BCUT2D eigenvalue weighted by Gasteiger charge is -2.22. The molecule has 9 heteroatoms. The van der Waals surface area contributed by atoms with Crippen molar-refractivity contribution in [3.05, 3.63) is 24.3 Å². The molecule has 0 aliphatic carbocycles. The molecule has 0 saturated carbocycles. The molecule has 6 nitrogen and oxygen atoms in total. The molecule has 1 aromatic rings. The maximum Gasteiger partial charge on any atom is 0.573 e. The van der Waals surface area contributed by atoms with Crippen molar-refractivity contribution in [3.63, 3.8) is 0 Å². The molecular formula is C13H14F3N3O3. The monoisotopic (exact) mass is 317 g/mol. The van der Waals surface area contributed by atoms with Gasteiger partial charge in [0.05, 0.1) is 12.5 Å². The molecule has 0 bridgehead atoms. The molecule has 0 unspecified atom stereocenters. The van der Waals surface area contributed by atoms with Crippen LogP contribution in [0.1, 0.15) is 6.42 Å². The minimum Gasteiger partial charge on any atom is -0.406 e. The van der Waals surface area contributed by atoms with Gasteiger partial charge in [-0.3, -0.25) is 9.59 Å². The molecule has 22 heavy (non-hydrogen) atoms. The Kier molecular flexibility index (Phi) is 4.86. The lowest BCUT2D eigenvalue weighted by atomic mass is 10.1. The Bertz CT molecular complexity index is 563. The highest BCUT2D eigenvalue weighted by atomic mass is 19.4. The topological polar surface area (TPSA) is 79.5 Å². The number of hydrogen-bond donors (Lipinski definition) is 3. The Labute approximate surface area is 124 Å². The van der Waals surface area contributed by atoms with Gasteiger partial charge in [0.1, 0.15) is 5.75 Å². The quantitative estimate of drug-likeness (QED) is 0.774. The van der Waals surface area contributed by atoms with Crippen molar-refractivity contribution in [3.8, 4) is 5.75 Å². The summed E-state index contributed by atoms with van der Waals surface area (Å²) in [6.07, 6.45) is -4.91. The molecular weight excluding hydrogens is 303 g/mol. The van der Waals surface area contributed by atoms with Gasteiger partial charge in [-0.1, -0.05) is 6.07 Å². The number of alkyl halides is 3. The van der Waals surface area contributed by atoms with E-state index in [4.69, 9.17) is 0 Å². The van der Waals surface area contributed by atoms with Gasteiger partial charge >= 0.3 is 6.36 Å². The second kappa shape index (κ2) is 6.65. The van der Waals surface area contributed by atoms with Crippen LogP contribution in [0.2, 0.25) is 0 Å². The van der Waals surface area contributed by atoms with Gasteiger partial charge < -0.3 is 20.7 Å². The van der Waals surface area contributed by atoms with Gasteiger partial charge in [-0.15, -0.1) is 13.2 Å². The molecule has 0 aromatic heterocycles. The van der Waals surface area contributed by atoms with Gasteiger partial charge in [-0.2, -0.15) is 0 Å². The first-order valence-corrected chi connectivity index (χ1v) is 6.50. The number of ether oxygens (including phenoxy) is 1. The van der Waals surface area contributed by atoms with Crippen molar-refractivity contribution in [1.29, 1.82) is 0 Å². The molecule has 1 aromatic carbocycles. The van der Waals surface area contributed by atoms with Crippen LogP contribution >= 0.6 is 0 Å². The summed E-state index contributed by atoms with van der Waals surface area (Å²) in [5, 5.41) is 7.92. The predicted molar refractivity (Wildman–Crippen MR) is 71.2 cm³/mol. The first kappa shape index (κ1) is 16.1. The van der Waals surface area contributed by atoms with Crippen molar-refractivity contribution in [2.75, 3.05) is 18.4 Å². The third kappa shape index (κ3) is 4.92. The number of hydrogen-bond acceptors (Lipinski definition) is 4. The lowest BCUT2D eigenvalue weighted by Crippen LogP contribution is -2.53. The van der Waals surface area contributed by atoms with Gasteiger partial charge in [0.15, 0.2) is 0 Å². The normalized spacial score (nSPS) is 18.5. The summed E-state index contributed by atoms with van der Waals surface area (Å²) in [4.78, 5) is 23.3. The Morgan fingerprint density at radius 3 is 2.82 bits per heavy atom. The van der Waals surface area contributed by atoms with Crippen LogP contribution in [0, 0.1) is 0 Å². The van der Waals surface area contributed by atoms with Crippen LogP contribution in [0.25, 0.3) is 0 Å². The average molecular weight is 317 g/mol. The zero-order chi connectivity index (χ0) is 16.2. The molecule has 1 atom stereocenters. The highest BCUT2D eigenvalue weighted by Crippen LogP contribution is 2.25. The number of benzene rings is 1. The van der Waals surface area contributed by atoms with Crippen molar-refractivity contribution >= 4 is 17.5 Å². The SMILES string of the molecule is O=C(C[C@H]1NCCNC1=O)Nc1cccc(OC(F)(F)F)c1. The summed E-state index contributed by atoms with van der Waals surface area (Å²) in [5.41, 5.74) is 0.156. The van der Waals surface area contributed by atoms with Crippen LogP contribution in [0.4, 0.5) is 18.9 Å². The maximum atomic E-state index is 12.1. The highest BCUT2D eigenvalue weighted by Gasteiger charge is 2.31. The van der Waals surface area contributed by atoms with Crippen LogP contribution in [0.5, 0.6) is 5.75 Å². The average Bonchev–Trinajstić information content (AvgIpc) is 2.40. The molecule has 2 amide bonds. The second-order valence-corrected chi connectivity index (χ2v) is 4.63. The standard InChI is InChI=1S/C13H14F3N3O3/c14-13(15,16)22-9-3-1-2-8(6-9)19-11(20)7-10-12(21)18-5-4-17-10/h1-3,6,10,17H,4-5,7H2,(H,18,21)(H,19,20)/t10-/m1/s1. The largest absolute Gasteiger partial charge is 0.573 e. The number of halogens is 3. The zero-order valence-corrected chi connectivity index (χ0v) is 11.4. The van der Waals surface area contributed by atoms with Crippen LogP contribution in [0.3, 0.4) is 0 Å². The van der Waals surface area contributed by atoms with E-state index >= 15 is 0 Å². The number of nitrogens with one attached hydrogen (secondary N) is 3. The van der Waals surface area contributed by atoms with E-state index < -0.39 is 24.1 Å². The molecule has 1 fully saturated rings. The third-order valence-electron chi connectivity index (χ3n) is 2.87. The van der Waals surface area contributed by atoms with Gasteiger partial charge in [0, 0.05) is 24.8 Å². The van der Waals surface area contributed by atoms with E-state index in [1.54, 1.807) is 0 Å². The molecule has 0 spiro atoms. The Morgan fingerprint density at radius 2 is 2.14 bits per heavy atom. The minimum absolute atomic E-state index is 0.115. The minimum atomic E-state index is -4.80. The fourth-order valence-corrected chi connectivity index (χ4v) is 1.98. The van der Waals surface area contributed by atoms with Crippen LogP contribution in [-0.2, 0) is 9.59 Å². The van der Waals surface area contributed by atoms with Crippen molar-refractivity contribution < 1.29 is 27.5 Å². The smallest absolute Gasteiger partial charge is 0.406 e. The Balaban J connectivity index is 1.93. The summed E-state index contributed by atoms with van der Waals surface area (Å²) in [5.74, 6) is -1.20. The van der Waals surface area contributed by atoms with Gasteiger partial charge in [-0.25, -0.2) is 0 Å². The first-order chi connectivity index (χ1) is 10.3. The van der Waals surface area contributed by atoms with Crippen LogP contribution < -0.4 is 20.7 Å². The summed E-state index contributed by atoms with van der Waals surface area (Å²) in [7, 11) is 0. The lowest BCUT2D eigenvalue weighted by molar-refractivity contribution is -0.274. The summed E-state index contributed by atoms with van der Waals surface area (Å²) < 4.78 is 40.1. The fraction of sp³-hybridized carbons (Fsp3) is 0.385. The van der Waals surface area contributed by atoms with E-state index in [1.807, 2.05) is 0 Å². The maximum absolute atomic E-state index is 12.1. The van der Waals surface area contributed by atoms with E-state index in [1.165, 1.54) is 12.1 Å². The first-order valence-electron chi connectivity index (χ1n) is 6.50. The van der Waals surface area contributed by atoms with E-state index in [2.05, 4.69) is 20.7 Å². The fourth-order valence-electron chi connectivity index (χ4n) is 1.98. The second-order valence-electron chi connectivity index (χ2n) is 4.63. The molecule has 1 aliphatic heterocycles. The molecule has 1 saturated heterocycles. The number of rotatable bonds is 4. The summed E-state index contributed by atoms with van der Waals surface area (Å²) in [6, 6.07) is 4.28. The highest BCUT2D eigenvalue weighted by molar-refractivity contribution is 5.95. The van der Waals surface area contributed by atoms with E-state index in [9.17, 15) is 22.8 Å². The molecule has 1 heterocycles. The van der Waals surface area contributed by atoms with Crippen LogP contribution in [-0.4, -0.2) is 37.3 Å². The number of anilines is 1. The summed E-state index contributed by atoms with van der Waals surface area (Å²) >= 11 is 0. The molecule has 120 valence electrons. The van der Waals surface area contributed by atoms with E-state index in [0.29, 0.717) is 13.1 Å². The number of piperazine rings is 1. The third-order valence-corrected chi connectivity index (χ3v) is 2.87. The van der Waals surface area contributed by atoms with Gasteiger partial charge in [-0.05, 0) is 12.1 Å². The Morgan fingerprint density at radius 1 is 1.36 bits per heavy atom. The van der Waals surface area contributed by atoms with Gasteiger partial charge in [0.2, 0.25) is 11.8 Å². The molecule has 1 aliphatic rings. The Hall–Kier alpha value is -2.29. The molecule has 2 rings (SSSR count). The van der Waals surface area contributed by atoms with Gasteiger partial charge in [0.25, 0.3) is 0 Å². The molecule has 0 radical (unpaired) electrons. The molecule has 3 N–H and O–H groups in total. The zero-order valence-electron chi connectivity index (χ0n) is 11.4. The summed E-state index contributed by atoms with van der Waals surface area (Å²) in [6.45, 7) is 1.05. The predicted octanol–water partition coefficient (Wildman–Crippen LogP) is 1.00. The van der Waals surface area contributed by atoms with Crippen molar-refractivity contribution in [2.24, 2.45) is 0 Å². The van der Waals surface area contributed by atoms with Crippen molar-refractivity contribution in [2.45, 2.75) is 18.8 Å². The van der Waals surface area contributed by atoms with E-state index in [-0.39, 0.29) is 18.0 Å². The number of carbonyl (C=O) groups excluding carboxylic acids is 2.